The quantitative estimate of drug-likeness (QED) is 0.125. The molecule has 0 radical (unpaired) electrons. The van der Waals surface area contributed by atoms with E-state index < -0.39 is 12.2 Å². The predicted octanol–water partition coefficient (Wildman–Crippen LogP) is 5.53. The summed E-state index contributed by atoms with van der Waals surface area (Å²) in [4.78, 5) is 23.8. The molecule has 0 aromatic rings. The van der Waals surface area contributed by atoms with Crippen LogP contribution in [0.15, 0.2) is 36.0 Å². The van der Waals surface area contributed by atoms with Gasteiger partial charge in [-0.2, -0.15) is 0 Å². The van der Waals surface area contributed by atoms with Crippen molar-refractivity contribution < 1.29 is 34.4 Å². The second kappa shape index (κ2) is 20.7. The van der Waals surface area contributed by atoms with Crippen LogP contribution >= 0.6 is 0 Å². The third-order valence-electron chi connectivity index (χ3n) is 8.02. The average molecular weight is 595 g/mol. The maximum Gasteiger partial charge on any atom is 0.408 e. The van der Waals surface area contributed by atoms with Crippen molar-refractivity contribution in [3.05, 3.63) is 36.0 Å². The number of cyclic esters (lactones) is 1. The van der Waals surface area contributed by atoms with E-state index >= 15 is 0 Å². The number of carboxylic acid groups (broad SMARTS) is 1. The van der Waals surface area contributed by atoms with Crippen molar-refractivity contribution in [1.29, 1.82) is 0 Å². The number of amides is 1. The summed E-state index contributed by atoms with van der Waals surface area (Å²) in [6, 6.07) is 0. The van der Waals surface area contributed by atoms with Crippen molar-refractivity contribution in [2.75, 3.05) is 26.9 Å². The molecule has 9 heteroatoms. The molecule has 3 rings (SSSR count). The first-order valence-electron chi connectivity index (χ1n) is 15.7. The zero-order chi connectivity index (χ0) is 31.7. The van der Waals surface area contributed by atoms with Crippen molar-refractivity contribution in [1.82, 2.24) is 10.2 Å². The minimum atomic E-state index is -0.838. The molecule has 8 atom stereocenters. The molecule has 9 nitrogen and oxygen atoms in total. The number of aliphatic hydroxyl groups is 2. The zero-order valence-corrected chi connectivity index (χ0v) is 27.0. The molecule has 242 valence electrons. The summed E-state index contributed by atoms with van der Waals surface area (Å²) in [5, 5.41) is 28.4. The van der Waals surface area contributed by atoms with E-state index in [1.54, 1.807) is 0 Å². The van der Waals surface area contributed by atoms with Gasteiger partial charge in [-0.15, -0.1) is 0 Å². The Kier molecular flexibility index (Phi) is 18.6. The van der Waals surface area contributed by atoms with Gasteiger partial charge in [-0.25, -0.2) is 4.79 Å². The lowest BCUT2D eigenvalue weighted by Gasteiger charge is -2.24. The first-order chi connectivity index (χ1) is 20.0. The number of epoxide rings is 1. The molecule has 0 bridgehead atoms. The highest BCUT2D eigenvalue weighted by Gasteiger charge is 2.42. The molecule has 1 amide bonds. The van der Waals surface area contributed by atoms with E-state index in [-0.39, 0.29) is 24.4 Å². The molecule has 4 N–H and O–H groups in total. The van der Waals surface area contributed by atoms with Crippen LogP contribution in [0.1, 0.15) is 86.5 Å². The van der Waals surface area contributed by atoms with Gasteiger partial charge in [0, 0.05) is 26.1 Å². The Labute approximate surface area is 254 Å². The highest BCUT2D eigenvalue weighted by atomic mass is 16.6. The molecule has 2 saturated heterocycles. The average Bonchev–Trinajstić information content (AvgIpc) is 3.47. The Morgan fingerprint density at radius 3 is 2.55 bits per heavy atom. The Morgan fingerprint density at radius 2 is 1.95 bits per heavy atom. The normalized spacial score (nSPS) is 30.8. The number of nitrogens with one attached hydrogen (secondary N) is 1. The van der Waals surface area contributed by atoms with Crippen molar-refractivity contribution in [2.24, 2.45) is 23.7 Å². The summed E-state index contributed by atoms with van der Waals surface area (Å²) in [6.45, 7) is 14.9. The summed E-state index contributed by atoms with van der Waals surface area (Å²) >= 11 is 0. The fraction of sp³-hybridized carbons (Fsp3) is 0.758. The molecular formula is C33H58N2O7. The number of ether oxygens (including phenoxy) is 2. The molecule has 2 fully saturated rings. The second-order valence-electron chi connectivity index (χ2n) is 12.1. The first kappa shape index (κ1) is 37.8. The second-order valence-corrected chi connectivity index (χ2v) is 12.1. The lowest BCUT2D eigenvalue weighted by atomic mass is 9.93. The minimum absolute atomic E-state index is 0.0683. The van der Waals surface area contributed by atoms with Crippen LogP contribution in [0.5, 0.6) is 0 Å². The summed E-state index contributed by atoms with van der Waals surface area (Å²) < 4.78 is 11.7. The highest BCUT2D eigenvalue weighted by Crippen LogP contribution is 2.36. The summed E-state index contributed by atoms with van der Waals surface area (Å²) in [6.07, 6.45) is 15.9. The van der Waals surface area contributed by atoms with Gasteiger partial charge in [0.2, 0.25) is 0 Å². The fourth-order valence-corrected chi connectivity index (χ4v) is 5.39. The predicted molar refractivity (Wildman–Crippen MR) is 167 cm³/mol. The topological polar surface area (TPSA) is 132 Å². The molecule has 42 heavy (non-hydrogen) atoms. The van der Waals surface area contributed by atoms with Crippen molar-refractivity contribution >= 4 is 12.1 Å². The third kappa shape index (κ3) is 14.8. The number of allylic oxidation sites excluding steroid dienone is 4. The molecular weight excluding hydrogens is 536 g/mol. The highest BCUT2D eigenvalue weighted by molar-refractivity contribution is 5.70. The number of hydrogen-bond acceptors (Lipinski definition) is 7. The fourth-order valence-electron chi connectivity index (χ4n) is 5.39. The maximum atomic E-state index is 12.4. The number of hydrogen-bond donors (Lipinski definition) is 4. The summed E-state index contributed by atoms with van der Waals surface area (Å²) in [5.41, 5.74) is 1.02. The van der Waals surface area contributed by atoms with E-state index in [1.807, 2.05) is 6.92 Å². The summed E-state index contributed by atoms with van der Waals surface area (Å²) in [7, 11) is 1.00. The smallest absolute Gasteiger partial charge is 0.408 e. The van der Waals surface area contributed by atoms with Gasteiger partial charge in [-0.3, -0.25) is 15.0 Å². The monoisotopic (exact) mass is 594 g/mol. The maximum absolute atomic E-state index is 12.4. The Bertz CT molecular complexity index is 868. The number of carbonyl (C=O) groups is 2. The number of carbonyl (C=O) groups excluding carboxylic acids is 1. The standard InChI is InChI=1S/C28H46O4.C4H8N2O2.CH4O/c1-7-10-21(4)28-25(31-28)17-20(3)12-9-14-23(6)27-22(5)13-8-11-19(2)15-16-24(29)18-26(30)32-27;7-4(8)6-2-1-5-3-6;1-2/h8-9,12-14,19-22,24-25,27-29H,7,10-11,15-18H2,1-6H3;5H,1-3H2,(H,7,8);2H,1H3/b12-9+,13-8+,23-14+;;/t19?,20?,21?,22?,24?,25?,27-,28?;;/m0../s1. The largest absolute Gasteiger partial charge is 0.465 e. The van der Waals surface area contributed by atoms with Gasteiger partial charge in [0.25, 0.3) is 0 Å². The molecule has 3 aliphatic heterocycles. The van der Waals surface area contributed by atoms with E-state index in [0.29, 0.717) is 49.6 Å². The number of esters is 1. The molecule has 0 aromatic heterocycles. The van der Waals surface area contributed by atoms with Crippen LogP contribution in [-0.2, 0) is 14.3 Å². The molecule has 0 aliphatic carbocycles. The van der Waals surface area contributed by atoms with E-state index in [2.05, 4.69) is 70.3 Å². The Morgan fingerprint density at radius 1 is 1.24 bits per heavy atom. The van der Waals surface area contributed by atoms with E-state index in [1.165, 1.54) is 17.7 Å². The molecule has 0 aromatic carbocycles. The van der Waals surface area contributed by atoms with Crippen molar-refractivity contribution in [3.63, 3.8) is 0 Å². The molecule has 3 heterocycles. The van der Waals surface area contributed by atoms with Crippen LogP contribution in [0, 0.1) is 23.7 Å². The van der Waals surface area contributed by atoms with Crippen LogP contribution in [0.25, 0.3) is 0 Å². The van der Waals surface area contributed by atoms with Crippen LogP contribution in [0.3, 0.4) is 0 Å². The number of rotatable bonds is 8. The van der Waals surface area contributed by atoms with E-state index in [0.717, 1.165) is 38.5 Å². The lowest BCUT2D eigenvalue weighted by molar-refractivity contribution is -0.151. The molecule has 3 aliphatic rings. The first-order valence-corrected chi connectivity index (χ1v) is 15.7. The van der Waals surface area contributed by atoms with Crippen LogP contribution < -0.4 is 5.32 Å². The number of nitrogens with zero attached hydrogens (tertiary/aromatic N) is 1. The molecule has 7 unspecified atom stereocenters. The van der Waals surface area contributed by atoms with Gasteiger partial charge < -0.3 is 24.8 Å². The molecule has 0 saturated carbocycles. The van der Waals surface area contributed by atoms with Crippen LogP contribution in [0.4, 0.5) is 4.79 Å². The van der Waals surface area contributed by atoms with Gasteiger partial charge in [0.05, 0.1) is 31.4 Å². The zero-order valence-electron chi connectivity index (χ0n) is 27.0. The van der Waals surface area contributed by atoms with E-state index in [4.69, 9.17) is 19.7 Å². The van der Waals surface area contributed by atoms with Crippen molar-refractivity contribution in [2.45, 2.75) is 111 Å². The van der Waals surface area contributed by atoms with Gasteiger partial charge in [0.1, 0.15) is 6.10 Å². The van der Waals surface area contributed by atoms with Crippen LogP contribution in [0.2, 0.25) is 0 Å². The Balaban J connectivity index is 0.000000748. The van der Waals surface area contributed by atoms with Crippen LogP contribution in [-0.4, -0.2) is 83.6 Å². The van der Waals surface area contributed by atoms with Crippen molar-refractivity contribution in [3.8, 4) is 0 Å². The molecule has 0 spiro atoms. The Hall–Kier alpha value is -2.20. The third-order valence-corrected chi connectivity index (χ3v) is 8.02. The number of aliphatic hydroxyl groups excluding tert-OH is 2. The van der Waals surface area contributed by atoms with Gasteiger partial charge in [-0.1, -0.05) is 71.4 Å². The van der Waals surface area contributed by atoms with Gasteiger partial charge in [0.15, 0.2) is 0 Å². The SMILES string of the molecule is CCCC(C)C1OC1CC(C)/C=C/C=C(\C)[C@H]1OC(=O)CC(O)CCC(C)C/C=C/C1C.CO.O=C(O)N1CCNC1. The minimum Gasteiger partial charge on any atom is -0.465 e. The summed E-state index contributed by atoms with van der Waals surface area (Å²) in [5.74, 6) is 1.36. The van der Waals surface area contributed by atoms with Gasteiger partial charge in [-0.05, 0) is 62.4 Å². The van der Waals surface area contributed by atoms with E-state index in [9.17, 15) is 14.7 Å². The lowest BCUT2D eigenvalue weighted by Crippen LogP contribution is -2.28. The van der Waals surface area contributed by atoms with Gasteiger partial charge >= 0.3 is 12.1 Å².